The molecule has 0 aliphatic heterocycles. The number of hydrogen-bond donors (Lipinski definition) is 1. The summed E-state index contributed by atoms with van der Waals surface area (Å²) < 4.78 is 12.5. The third-order valence-electron chi connectivity index (χ3n) is 4.13. The second-order valence-electron chi connectivity index (χ2n) is 6.04. The van der Waals surface area contributed by atoms with Crippen LogP contribution in [0.4, 0.5) is 0 Å². The minimum atomic E-state index is -2.15. The van der Waals surface area contributed by atoms with Crippen LogP contribution in [0, 0.1) is 5.92 Å². The minimum Gasteiger partial charge on any atom is -0.395 e. The van der Waals surface area contributed by atoms with Gasteiger partial charge in [0.05, 0.1) is 6.23 Å². The van der Waals surface area contributed by atoms with E-state index in [-0.39, 0.29) is 6.23 Å². The normalized spacial score (nSPS) is 19.3. The van der Waals surface area contributed by atoms with E-state index in [9.17, 15) is 0 Å². The summed E-state index contributed by atoms with van der Waals surface area (Å²) in [5, 5.41) is 0.439. The average molecular weight is 336 g/mol. The molecule has 0 N–H and O–H groups in total. The zero-order valence-electron chi connectivity index (χ0n) is 15.2. The smallest absolute Gasteiger partial charge is 0.336 e. The molecule has 0 radical (unpaired) electrons. The molecule has 5 heteroatoms. The maximum atomic E-state index is 6.43. The van der Waals surface area contributed by atoms with Gasteiger partial charge in [0, 0.05) is 11.9 Å². The molecule has 0 heterocycles. The molecule has 0 fully saturated rings. The van der Waals surface area contributed by atoms with E-state index in [1.54, 1.807) is 0 Å². The zero-order valence-corrected chi connectivity index (χ0v) is 17.1. The van der Waals surface area contributed by atoms with Crippen molar-refractivity contribution in [1.29, 1.82) is 0 Å². The fraction of sp³-hybridized carbons (Fsp3) is 1.00. The van der Waals surface area contributed by atoms with Crippen molar-refractivity contribution in [2.24, 2.45) is 5.92 Å². The highest BCUT2D eigenvalue weighted by Gasteiger charge is 2.37. The van der Waals surface area contributed by atoms with Crippen LogP contribution >= 0.6 is 12.6 Å². The molecule has 0 amide bonds. The molecule has 21 heavy (non-hydrogen) atoms. The third kappa shape index (κ3) is 8.02. The van der Waals surface area contributed by atoms with Crippen molar-refractivity contribution in [3.8, 4) is 0 Å². The Hall–Kier alpha value is 0.447. The topological polar surface area (TPSA) is 21.7 Å². The van der Waals surface area contributed by atoms with E-state index in [0.717, 1.165) is 32.2 Å². The third-order valence-corrected chi connectivity index (χ3v) is 8.02. The summed E-state index contributed by atoms with van der Waals surface area (Å²) in [6, 6.07) is 1.01. The van der Waals surface area contributed by atoms with Gasteiger partial charge in [-0.2, -0.15) is 12.6 Å². The monoisotopic (exact) mass is 335 g/mol. The lowest BCUT2D eigenvalue weighted by Gasteiger charge is -2.37. The first-order valence-electron chi connectivity index (χ1n) is 8.57. The van der Waals surface area contributed by atoms with Crippen LogP contribution in [0.2, 0.25) is 12.6 Å². The van der Waals surface area contributed by atoms with Crippen LogP contribution in [0.25, 0.3) is 0 Å². The highest BCUT2D eigenvalue weighted by atomic mass is 32.1. The van der Waals surface area contributed by atoms with Crippen LogP contribution in [0.3, 0.4) is 0 Å². The van der Waals surface area contributed by atoms with Gasteiger partial charge in [0.15, 0.2) is 0 Å². The molecular weight excluding hydrogens is 298 g/mol. The lowest BCUT2D eigenvalue weighted by Crippen LogP contribution is -2.48. The van der Waals surface area contributed by atoms with Gasteiger partial charge in [-0.3, -0.25) is 4.90 Å². The van der Waals surface area contributed by atoms with Gasteiger partial charge in [-0.1, -0.05) is 34.1 Å². The number of hydrogen-bond acceptors (Lipinski definition) is 4. The van der Waals surface area contributed by atoms with Gasteiger partial charge in [-0.15, -0.1) is 0 Å². The lowest BCUT2D eigenvalue weighted by molar-refractivity contribution is 0.0123. The molecule has 4 atom stereocenters. The van der Waals surface area contributed by atoms with Crippen molar-refractivity contribution in [2.45, 2.75) is 78.5 Å². The van der Waals surface area contributed by atoms with Crippen molar-refractivity contribution >= 4 is 21.2 Å². The van der Waals surface area contributed by atoms with E-state index in [1.807, 2.05) is 0 Å². The highest BCUT2D eigenvalue weighted by Crippen LogP contribution is 2.28. The van der Waals surface area contributed by atoms with Crippen molar-refractivity contribution < 1.29 is 8.85 Å². The van der Waals surface area contributed by atoms with Gasteiger partial charge < -0.3 is 8.85 Å². The maximum absolute atomic E-state index is 6.43. The van der Waals surface area contributed by atoms with Crippen LogP contribution in [-0.2, 0) is 8.85 Å². The van der Waals surface area contributed by atoms with Gasteiger partial charge in [0.25, 0.3) is 0 Å². The predicted octanol–water partition coefficient (Wildman–Crippen LogP) is 4.53. The molecule has 128 valence electrons. The standard InChI is InChI=1S/C16H37NO2SSi/c1-8-12-16(20)14(5)13-21(7,18-11-4)19-15(6)17(9-2)10-3/h14-16,20H,8-13H2,1-7H3. The van der Waals surface area contributed by atoms with Crippen molar-refractivity contribution in [2.75, 3.05) is 19.7 Å². The van der Waals surface area contributed by atoms with Crippen LogP contribution in [0.1, 0.15) is 54.4 Å². The molecule has 0 spiro atoms. The van der Waals surface area contributed by atoms with Gasteiger partial charge in [-0.05, 0) is 51.9 Å². The summed E-state index contributed by atoms with van der Waals surface area (Å²) in [5.74, 6) is 0.528. The Morgan fingerprint density at radius 1 is 1.10 bits per heavy atom. The molecule has 0 bridgehead atoms. The van der Waals surface area contributed by atoms with Crippen molar-refractivity contribution in [1.82, 2.24) is 4.90 Å². The molecule has 0 saturated carbocycles. The Kier molecular flexibility index (Phi) is 11.3. The Morgan fingerprint density at radius 3 is 2.10 bits per heavy atom. The first-order valence-corrected chi connectivity index (χ1v) is 11.6. The zero-order chi connectivity index (χ0) is 16.5. The summed E-state index contributed by atoms with van der Waals surface area (Å²) in [6.07, 6.45) is 2.47. The largest absolute Gasteiger partial charge is 0.395 e. The summed E-state index contributed by atoms with van der Waals surface area (Å²) in [5.41, 5.74) is 0. The molecule has 0 saturated heterocycles. The highest BCUT2D eigenvalue weighted by molar-refractivity contribution is 7.81. The number of thiol groups is 1. The first kappa shape index (κ1) is 21.4. The van der Waals surface area contributed by atoms with E-state index < -0.39 is 8.56 Å². The fourth-order valence-corrected chi connectivity index (χ4v) is 6.70. The molecular formula is C16H37NO2SSi. The van der Waals surface area contributed by atoms with Crippen LogP contribution in [0.15, 0.2) is 0 Å². The van der Waals surface area contributed by atoms with Gasteiger partial charge in [0.2, 0.25) is 0 Å². The average Bonchev–Trinajstić information content (AvgIpc) is 2.40. The van der Waals surface area contributed by atoms with E-state index >= 15 is 0 Å². The minimum absolute atomic E-state index is 0.125. The Morgan fingerprint density at radius 2 is 1.67 bits per heavy atom. The SMILES string of the molecule is CCCC(S)C(C)C[Si](C)(OCC)OC(C)N(CC)CC. The molecule has 4 unspecified atom stereocenters. The summed E-state index contributed by atoms with van der Waals surface area (Å²) in [6.45, 7) is 18.0. The van der Waals surface area contributed by atoms with E-state index in [0.29, 0.717) is 11.2 Å². The van der Waals surface area contributed by atoms with E-state index in [4.69, 9.17) is 21.5 Å². The van der Waals surface area contributed by atoms with E-state index in [2.05, 4.69) is 53.0 Å². The second kappa shape index (κ2) is 11.1. The van der Waals surface area contributed by atoms with Crippen molar-refractivity contribution in [3.63, 3.8) is 0 Å². The number of nitrogens with zero attached hydrogens (tertiary/aromatic N) is 1. The predicted molar refractivity (Wildman–Crippen MR) is 98.4 cm³/mol. The Balaban J connectivity index is 4.74. The quantitative estimate of drug-likeness (QED) is 0.322. The summed E-state index contributed by atoms with van der Waals surface area (Å²) >= 11 is 4.75. The maximum Gasteiger partial charge on any atom is 0.336 e. The Bertz CT molecular complexity index is 267. The molecule has 0 aromatic rings. The molecule has 0 rings (SSSR count). The molecule has 0 aliphatic carbocycles. The summed E-state index contributed by atoms with van der Waals surface area (Å²) in [4.78, 5) is 2.33. The molecule has 0 aliphatic rings. The van der Waals surface area contributed by atoms with E-state index in [1.165, 1.54) is 6.42 Å². The second-order valence-corrected chi connectivity index (χ2v) is 9.91. The van der Waals surface area contributed by atoms with Crippen LogP contribution in [-0.4, -0.2) is 44.6 Å². The first-order chi connectivity index (χ1) is 9.83. The summed E-state index contributed by atoms with van der Waals surface area (Å²) in [7, 11) is -2.15. The van der Waals surface area contributed by atoms with Gasteiger partial charge >= 0.3 is 8.56 Å². The number of rotatable bonds is 12. The Labute approximate surface area is 139 Å². The molecule has 3 nitrogen and oxygen atoms in total. The molecule has 0 aromatic carbocycles. The van der Waals surface area contributed by atoms with Gasteiger partial charge in [0.1, 0.15) is 0 Å². The molecule has 0 aromatic heterocycles. The van der Waals surface area contributed by atoms with Crippen LogP contribution in [0.5, 0.6) is 0 Å². The fourth-order valence-electron chi connectivity index (χ4n) is 2.92. The van der Waals surface area contributed by atoms with Crippen LogP contribution < -0.4 is 0 Å². The van der Waals surface area contributed by atoms with Crippen molar-refractivity contribution in [3.05, 3.63) is 0 Å². The van der Waals surface area contributed by atoms with Gasteiger partial charge in [-0.25, -0.2) is 0 Å². The lowest BCUT2D eigenvalue weighted by atomic mass is 10.1.